The fourth-order valence-corrected chi connectivity index (χ4v) is 2.82. The molecule has 0 fully saturated rings. The Morgan fingerprint density at radius 1 is 0.786 bits per heavy atom. The van der Waals surface area contributed by atoms with Crippen LogP contribution in [0.25, 0.3) is 11.1 Å². The van der Waals surface area contributed by atoms with Gasteiger partial charge in [0.25, 0.3) is 0 Å². The topological polar surface area (TPSA) is 35.5 Å². The van der Waals surface area contributed by atoms with Crippen molar-refractivity contribution < 1.29 is 14.3 Å². The van der Waals surface area contributed by atoms with Gasteiger partial charge in [-0.25, -0.2) is 4.79 Å². The van der Waals surface area contributed by atoms with E-state index in [1.807, 2.05) is 66.7 Å². The number of benzene rings is 3. The molecule has 0 bridgehead atoms. The molecule has 0 N–H and O–H groups in total. The Morgan fingerprint density at radius 3 is 2.04 bits per heavy atom. The van der Waals surface area contributed by atoms with Crippen molar-refractivity contribution in [1.29, 1.82) is 0 Å². The second-order valence-corrected chi connectivity index (χ2v) is 6.30. The molecule has 0 radical (unpaired) electrons. The highest BCUT2D eigenvalue weighted by molar-refractivity contribution is 5.93. The third-order valence-electron chi connectivity index (χ3n) is 4.32. The highest BCUT2D eigenvalue weighted by Gasteiger charge is 2.10. The van der Waals surface area contributed by atoms with E-state index in [9.17, 15) is 4.79 Å². The first-order valence-corrected chi connectivity index (χ1v) is 9.01. The maximum Gasteiger partial charge on any atom is 0.351 e. The maximum atomic E-state index is 12.0. The third-order valence-corrected chi connectivity index (χ3v) is 4.32. The summed E-state index contributed by atoms with van der Waals surface area (Å²) in [7, 11) is 0. The molecule has 0 aromatic heterocycles. The lowest BCUT2D eigenvalue weighted by molar-refractivity contribution is -0.129. The first-order valence-electron chi connectivity index (χ1n) is 9.01. The van der Waals surface area contributed by atoms with Crippen molar-refractivity contribution in [3.63, 3.8) is 0 Å². The monoisotopic (exact) mass is 366 g/mol. The lowest BCUT2D eigenvalue weighted by Crippen LogP contribution is -2.08. The van der Waals surface area contributed by atoms with Crippen molar-refractivity contribution in [2.24, 2.45) is 0 Å². The SMILES string of the molecule is O=C(Oc1ccc(-c2ccc(OCc3ccccc3)cc2)cc1)C1=C=CC=C1. The second-order valence-electron chi connectivity index (χ2n) is 6.30. The Kier molecular flexibility index (Phi) is 5.19. The molecule has 1 aliphatic rings. The minimum absolute atomic E-state index is 0.405. The molecule has 3 aromatic rings. The van der Waals surface area contributed by atoms with E-state index in [1.54, 1.807) is 30.4 Å². The van der Waals surface area contributed by atoms with Crippen LogP contribution in [0, 0.1) is 0 Å². The van der Waals surface area contributed by atoms with Gasteiger partial charge in [0.15, 0.2) is 0 Å². The Hall–Kier alpha value is -3.81. The molecule has 4 rings (SSSR count). The van der Waals surface area contributed by atoms with Gasteiger partial charge in [-0.3, -0.25) is 0 Å². The van der Waals surface area contributed by atoms with Crippen molar-refractivity contribution in [2.45, 2.75) is 6.61 Å². The molecule has 3 nitrogen and oxygen atoms in total. The quantitative estimate of drug-likeness (QED) is 0.329. The van der Waals surface area contributed by atoms with Crippen molar-refractivity contribution >= 4 is 5.97 Å². The minimum Gasteiger partial charge on any atom is -0.489 e. The zero-order chi connectivity index (χ0) is 19.2. The zero-order valence-electron chi connectivity index (χ0n) is 15.2. The van der Waals surface area contributed by atoms with Gasteiger partial charge in [-0.15, -0.1) is 5.73 Å². The highest BCUT2D eigenvalue weighted by Crippen LogP contribution is 2.25. The molecule has 0 spiro atoms. The number of hydrogen-bond acceptors (Lipinski definition) is 3. The molecule has 0 unspecified atom stereocenters. The summed E-state index contributed by atoms with van der Waals surface area (Å²) >= 11 is 0. The number of rotatable bonds is 6. The van der Waals surface area contributed by atoms with E-state index >= 15 is 0 Å². The molecule has 136 valence electrons. The Bertz CT molecular complexity index is 1050. The van der Waals surface area contributed by atoms with Gasteiger partial charge < -0.3 is 9.47 Å². The molecule has 3 aromatic carbocycles. The van der Waals surface area contributed by atoms with E-state index in [0.717, 1.165) is 22.4 Å². The summed E-state index contributed by atoms with van der Waals surface area (Å²) in [4.78, 5) is 12.0. The van der Waals surface area contributed by atoms with Gasteiger partial charge in [0, 0.05) is 0 Å². The van der Waals surface area contributed by atoms with Gasteiger partial charge >= 0.3 is 5.97 Å². The lowest BCUT2D eigenvalue weighted by Gasteiger charge is -2.08. The van der Waals surface area contributed by atoms with Gasteiger partial charge in [-0.05, 0) is 53.1 Å². The Morgan fingerprint density at radius 2 is 1.43 bits per heavy atom. The van der Waals surface area contributed by atoms with E-state index < -0.39 is 5.97 Å². The fourth-order valence-electron chi connectivity index (χ4n) is 2.82. The number of carbonyl (C=O) groups excluding carboxylic acids is 1. The van der Waals surface area contributed by atoms with Crippen LogP contribution in [0.4, 0.5) is 0 Å². The lowest BCUT2D eigenvalue weighted by atomic mass is 10.1. The summed E-state index contributed by atoms with van der Waals surface area (Å²) in [5.41, 5.74) is 6.50. The van der Waals surface area contributed by atoms with Crippen molar-refractivity contribution in [3.05, 3.63) is 114 Å². The van der Waals surface area contributed by atoms with Crippen LogP contribution in [-0.2, 0) is 11.4 Å². The molecular formula is C25H18O3. The van der Waals surface area contributed by atoms with Crippen LogP contribution in [0.5, 0.6) is 11.5 Å². The first-order chi connectivity index (χ1) is 13.8. The molecule has 1 aliphatic carbocycles. The predicted molar refractivity (Wildman–Crippen MR) is 109 cm³/mol. The molecule has 0 amide bonds. The summed E-state index contributed by atoms with van der Waals surface area (Å²) in [6.45, 7) is 0.543. The fraction of sp³-hybridized carbons (Fsp3) is 0.0400. The third kappa shape index (κ3) is 4.29. The molecular weight excluding hydrogens is 348 g/mol. The average Bonchev–Trinajstić information content (AvgIpc) is 3.29. The molecule has 0 heterocycles. The summed E-state index contributed by atoms with van der Waals surface area (Å²) in [6.07, 6.45) is 5.12. The molecule has 28 heavy (non-hydrogen) atoms. The van der Waals surface area contributed by atoms with Crippen molar-refractivity contribution in [3.8, 4) is 22.6 Å². The van der Waals surface area contributed by atoms with E-state index in [0.29, 0.717) is 17.9 Å². The average molecular weight is 366 g/mol. The minimum atomic E-state index is -0.405. The standard InChI is InChI=1S/C25H18O3/c26-25(22-8-4-5-9-22)28-24-16-12-21(13-17-24)20-10-14-23(15-11-20)27-18-19-6-2-1-3-7-19/h1-8,10-17H,18H2. The largest absolute Gasteiger partial charge is 0.489 e. The molecule has 0 atom stereocenters. The van der Waals surface area contributed by atoms with E-state index in [4.69, 9.17) is 9.47 Å². The number of hydrogen-bond donors (Lipinski definition) is 0. The summed E-state index contributed by atoms with van der Waals surface area (Å²) in [5, 5.41) is 0. The predicted octanol–water partition coefficient (Wildman–Crippen LogP) is 5.49. The van der Waals surface area contributed by atoms with Crippen LogP contribution in [0.1, 0.15) is 5.56 Å². The van der Waals surface area contributed by atoms with Crippen molar-refractivity contribution in [1.82, 2.24) is 0 Å². The van der Waals surface area contributed by atoms with Crippen LogP contribution in [0.15, 0.2) is 108 Å². The Labute approximate surface area is 163 Å². The summed E-state index contributed by atoms with van der Waals surface area (Å²) in [6, 6.07) is 25.4. The van der Waals surface area contributed by atoms with E-state index in [1.165, 1.54) is 0 Å². The van der Waals surface area contributed by atoms with Gasteiger partial charge in [0.05, 0.1) is 0 Å². The van der Waals surface area contributed by atoms with Crippen LogP contribution in [0.3, 0.4) is 0 Å². The van der Waals surface area contributed by atoms with Crippen molar-refractivity contribution in [2.75, 3.05) is 0 Å². The van der Waals surface area contributed by atoms with Crippen LogP contribution in [0.2, 0.25) is 0 Å². The van der Waals surface area contributed by atoms with E-state index in [2.05, 4.69) is 5.73 Å². The van der Waals surface area contributed by atoms with Crippen LogP contribution in [-0.4, -0.2) is 5.97 Å². The number of esters is 1. The molecule has 0 saturated carbocycles. The van der Waals surface area contributed by atoms with Gasteiger partial charge in [0.1, 0.15) is 23.7 Å². The normalized spacial score (nSPS) is 11.9. The molecule has 0 aliphatic heterocycles. The van der Waals surface area contributed by atoms with Gasteiger partial charge in [-0.2, -0.15) is 0 Å². The smallest absolute Gasteiger partial charge is 0.351 e. The molecule has 0 saturated heterocycles. The van der Waals surface area contributed by atoms with Crippen LogP contribution < -0.4 is 9.47 Å². The zero-order valence-corrected chi connectivity index (χ0v) is 15.2. The number of allylic oxidation sites excluding steroid dienone is 1. The molecule has 3 heteroatoms. The van der Waals surface area contributed by atoms with Gasteiger partial charge in [0.2, 0.25) is 0 Å². The van der Waals surface area contributed by atoms with Crippen LogP contribution >= 0.6 is 0 Å². The number of ether oxygens (including phenoxy) is 2. The summed E-state index contributed by atoms with van der Waals surface area (Å²) < 4.78 is 11.2. The Balaban J connectivity index is 1.38. The second kappa shape index (κ2) is 8.26. The number of carbonyl (C=O) groups is 1. The van der Waals surface area contributed by atoms with E-state index in [-0.39, 0.29) is 0 Å². The maximum absolute atomic E-state index is 12.0. The first kappa shape index (κ1) is 17.6. The van der Waals surface area contributed by atoms with Gasteiger partial charge in [-0.1, -0.05) is 60.7 Å². The summed E-state index contributed by atoms with van der Waals surface area (Å²) in [5.74, 6) is 0.924. The highest BCUT2D eigenvalue weighted by atomic mass is 16.5.